The van der Waals surface area contributed by atoms with E-state index in [1.54, 1.807) is 0 Å². The molecule has 1 aromatic carbocycles. The third-order valence-electron chi connectivity index (χ3n) is 9.06. The van der Waals surface area contributed by atoms with Crippen LogP contribution in [0.4, 0.5) is 5.69 Å². The minimum Gasteiger partial charge on any atom is -0.394 e. The Labute approximate surface area is 224 Å². The van der Waals surface area contributed by atoms with Crippen LogP contribution in [0.5, 0.6) is 0 Å². The maximum atomic E-state index is 13.5. The van der Waals surface area contributed by atoms with E-state index in [2.05, 4.69) is 36.9 Å². The van der Waals surface area contributed by atoms with Crippen molar-refractivity contribution in [3.8, 4) is 0 Å². The number of piperidine rings is 1. The number of aliphatic hydroxyl groups excluding tert-OH is 1. The van der Waals surface area contributed by atoms with Gasteiger partial charge in [0.2, 0.25) is 5.91 Å². The summed E-state index contributed by atoms with van der Waals surface area (Å²) >= 11 is 0. The highest BCUT2D eigenvalue weighted by molar-refractivity contribution is 5.95. The predicted molar refractivity (Wildman–Crippen MR) is 143 cm³/mol. The van der Waals surface area contributed by atoms with Crippen LogP contribution in [0.15, 0.2) is 18.2 Å². The molecule has 4 aliphatic rings. The van der Waals surface area contributed by atoms with Crippen LogP contribution >= 0.6 is 0 Å². The Hall–Kier alpha value is -2.91. The lowest BCUT2D eigenvalue weighted by Crippen LogP contribution is -2.50. The Balaban J connectivity index is 1.11. The Morgan fingerprint density at radius 2 is 1.82 bits per heavy atom. The molecule has 2 aromatic rings. The van der Waals surface area contributed by atoms with Crippen molar-refractivity contribution in [3.63, 3.8) is 0 Å². The number of benzene rings is 1. The minimum atomic E-state index is -0.0113. The summed E-state index contributed by atoms with van der Waals surface area (Å²) < 4.78 is 7.50. The first-order valence-corrected chi connectivity index (χ1v) is 14.1. The van der Waals surface area contributed by atoms with Crippen molar-refractivity contribution < 1.29 is 19.4 Å². The highest BCUT2D eigenvalue weighted by Crippen LogP contribution is 2.57. The minimum absolute atomic E-state index is 0.0113. The average molecular weight is 522 g/mol. The number of aromatic nitrogens is 2. The SMILES string of the molecule is Cc1cccc(N2CCN(C(=O)Cn3nc(C(=O)N4CCC(OCCO)CC4)c4c3C[C@H]3C[C@@H]43)CC2)c1C. The molecule has 0 radical (unpaired) electrons. The average Bonchev–Trinajstić information content (AvgIpc) is 3.47. The molecule has 0 unspecified atom stereocenters. The van der Waals surface area contributed by atoms with Gasteiger partial charge in [-0.3, -0.25) is 14.3 Å². The third kappa shape index (κ3) is 4.71. The van der Waals surface area contributed by atoms with Crippen LogP contribution < -0.4 is 4.90 Å². The number of ether oxygens (including phenoxy) is 1. The zero-order chi connectivity index (χ0) is 26.4. The van der Waals surface area contributed by atoms with E-state index in [1.807, 2.05) is 14.5 Å². The number of piperazine rings is 1. The van der Waals surface area contributed by atoms with E-state index in [0.29, 0.717) is 50.3 Å². The number of aliphatic hydroxyl groups is 1. The highest BCUT2D eigenvalue weighted by Gasteiger charge is 2.50. The van der Waals surface area contributed by atoms with Gasteiger partial charge in [0.1, 0.15) is 6.54 Å². The number of carbonyl (C=O) groups is 2. The number of carbonyl (C=O) groups excluding carboxylic acids is 2. The Morgan fingerprint density at radius 3 is 2.55 bits per heavy atom. The zero-order valence-electron chi connectivity index (χ0n) is 22.6. The van der Waals surface area contributed by atoms with Crippen molar-refractivity contribution in [2.75, 3.05) is 57.4 Å². The quantitative estimate of drug-likeness (QED) is 0.600. The maximum absolute atomic E-state index is 13.5. The zero-order valence-corrected chi connectivity index (χ0v) is 22.6. The normalized spacial score (nSPS) is 23.0. The van der Waals surface area contributed by atoms with Crippen LogP contribution in [0.3, 0.4) is 0 Å². The lowest BCUT2D eigenvalue weighted by molar-refractivity contribution is -0.132. The van der Waals surface area contributed by atoms with E-state index in [-0.39, 0.29) is 31.1 Å². The summed E-state index contributed by atoms with van der Waals surface area (Å²) in [4.78, 5) is 33.1. The van der Waals surface area contributed by atoms with Crippen molar-refractivity contribution >= 4 is 17.5 Å². The Kier molecular flexibility index (Phi) is 6.90. The van der Waals surface area contributed by atoms with Gasteiger partial charge < -0.3 is 24.5 Å². The molecule has 9 nitrogen and oxygen atoms in total. The van der Waals surface area contributed by atoms with Crippen LogP contribution in [0.2, 0.25) is 0 Å². The molecular formula is C29H39N5O4. The Bertz CT molecular complexity index is 1210. The van der Waals surface area contributed by atoms with Crippen LogP contribution in [0.1, 0.15) is 58.1 Å². The van der Waals surface area contributed by atoms with Gasteiger partial charge in [-0.25, -0.2) is 0 Å². The van der Waals surface area contributed by atoms with Gasteiger partial charge >= 0.3 is 0 Å². The number of hydrogen-bond acceptors (Lipinski definition) is 6. The summed E-state index contributed by atoms with van der Waals surface area (Å²) in [5.41, 5.74) is 6.61. The van der Waals surface area contributed by atoms with Crippen molar-refractivity contribution in [1.29, 1.82) is 0 Å². The van der Waals surface area contributed by atoms with E-state index < -0.39 is 0 Å². The largest absolute Gasteiger partial charge is 0.394 e. The van der Waals surface area contributed by atoms with Gasteiger partial charge in [0.25, 0.3) is 5.91 Å². The number of hydrogen-bond donors (Lipinski definition) is 1. The van der Waals surface area contributed by atoms with Crippen molar-refractivity contribution in [3.05, 3.63) is 46.3 Å². The predicted octanol–water partition coefficient (Wildman–Crippen LogP) is 2.12. The van der Waals surface area contributed by atoms with Gasteiger partial charge in [-0.05, 0) is 68.6 Å². The number of nitrogens with zero attached hydrogens (tertiary/aromatic N) is 5. The molecule has 1 saturated carbocycles. The van der Waals surface area contributed by atoms with E-state index in [9.17, 15) is 9.59 Å². The van der Waals surface area contributed by atoms with Gasteiger partial charge in [0, 0.05) is 56.2 Å². The van der Waals surface area contributed by atoms with Gasteiger partial charge in [-0.2, -0.15) is 5.10 Å². The maximum Gasteiger partial charge on any atom is 0.274 e. The molecule has 2 atom stereocenters. The number of anilines is 1. The molecular weight excluding hydrogens is 482 g/mol. The highest BCUT2D eigenvalue weighted by atomic mass is 16.5. The van der Waals surface area contributed by atoms with Crippen LogP contribution in [-0.4, -0.2) is 95.1 Å². The second kappa shape index (κ2) is 10.3. The lowest BCUT2D eigenvalue weighted by Gasteiger charge is -2.37. The van der Waals surface area contributed by atoms with Crippen molar-refractivity contribution in [1.82, 2.24) is 19.6 Å². The molecule has 2 aliphatic heterocycles. The van der Waals surface area contributed by atoms with Gasteiger partial charge in [-0.1, -0.05) is 12.1 Å². The summed E-state index contributed by atoms with van der Waals surface area (Å²) in [6.45, 7) is 9.16. The number of rotatable bonds is 7. The molecule has 2 aliphatic carbocycles. The summed E-state index contributed by atoms with van der Waals surface area (Å²) in [5.74, 6) is 1.11. The first-order valence-electron chi connectivity index (χ1n) is 14.1. The fraction of sp³-hybridized carbons (Fsp3) is 0.621. The third-order valence-corrected chi connectivity index (χ3v) is 9.06. The fourth-order valence-corrected chi connectivity index (χ4v) is 6.58. The van der Waals surface area contributed by atoms with E-state index in [1.165, 1.54) is 16.8 Å². The van der Waals surface area contributed by atoms with Gasteiger partial charge in [-0.15, -0.1) is 0 Å². The molecule has 3 fully saturated rings. The number of amides is 2. The fourth-order valence-electron chi connectivity index (χ4n) is 6.58. The smallest absolute Gasteiger partial charge is 0.274 e. The molecule has 9 heteroatoms. The van der Waals surface area contributed by atoms with E-state index in [0.717, 1.165) is 50.0 Å². The summed E-state index contributed by atoms with van der Waals surface area (Å²) in [5, 5.41) is 13.8. The molecule has 2 saturated heterocycles. The van der Waals surface area contributed by atoms with Crippen LogP contribution in [0.25, 0.3) is 0 Å². The van der Waals surface area contributed by atoms with Crippen LogP contribution in [-0.2, 0) is 22.5 Å². The second-order valence-electron chi connectivity index (χ2n) is 11.3. The molecule has 38 heavy (non-hydrogen) atoms. The number of fused-ring (bicyclic) bond motifs is 3. The lowest BCUT2D eigenvalue weighted by atomic mass is 10.1. The standard InChI is InChI=1S/C29H39N5O4/c1-19-4-3-5-24(20(19)2)31-10-12-32(13-11-31)26(36)18-34-25-17-21-16-23(21)27(25)28(30-34)29(37)33-8-6-22(7-9-33)38-15-14-35/h3-5,21-23,35H,6-18H2,1-2H3/t21-,23-/m1/s1. The molecule has 204 valence electrons. The molecule has 0 bridgehead atoms. The number of likely N-dealkylation sites (tertiary alicyclic amines) is 1. The van der Waals surface area contributed by atoms with Crippen molar-refractivity contribution in [2.24, 2.45) is 5.92 Å². The van der Waals surface area contributed by atoms with E-state index >= 15 is 0 Å². The molecule has 0 spiro atoms. The summed E-state index contributed by atoms with van der Waals surface area (Å²) in [6.07, 6.45) is 3.69. The number of aryl methyl sites for hydroxylation is 1. The summed E-state index contributed by atoms with van der Waals surface area (Å²) in [7, 11) is 0. The van der Waals surface area contributed by atoms with E-state index in [4.69, 9.17) is 14.9 Å². The first-order chi connectivity index (χ1) is 18.4. The van der Waals surface area contributed by atoms with Crippen LogP contribution in [0, 0.1) is 19.8 Å². The second-order valence-corrected chi connectivity index (χ2v) is 11.3. The molecule has 6 rings (SSSR count). The monoisotopic (exact) mass is 521 g/mol. The van der Waals surface area contributed by atoms with Gasteiger partial charge in [0.15, 0.2) is 5.69 Å². The van der Waals surface area contributed by atoms with Crippen molar-refractivity contribution in [2.45, 2.75) is 58.1 Å². The Morgan fingerprint density at radius 1 is 1.05 bits per heavy atom. The topological polar surface area (TPSA) is 91.1 Å². The first kappa shape index (κ1) is 25.4. The summed E-state index contributed by atoms with van der Waals surface area (Å²) in [6, 6.07) is 6.41. The molecule has 1 aromatic heterocycles. The molecule has 1 N–H and O–H groups in total. The molecule has 2 amide bonds. The molecule has 3 heterocycles. The van der Waals surface area contributed by atoms with Gasteiger partial charge in [0.05, 0.1) is 19.3 Å².